The summed E-state index contributed by atoms with van der Waals surface area (Å²) >= 11 is 0. The predicted molar refractivity (Wildman–Crippen MR) is 106 cm³/mol. The van der Waals surface area contributed by atoms with E-state index in [0.717, 1.165) is 0 Å². The largest absolute Gasteiger partial charge is 0.394 e. The van der Waals surface area contributed by atoms with Crippen LogP contribution < -0.4 is 0 Å². The molecule has 0 radical (unpaired) electrons. The van der Waals surface area contributed by atoms with Gasteiger partial charge in [-0.25, -0.2) is 0 Å². The van der Waals surface area contributed by atoms with E-state index in [1.165, 1.54) is 7.11 Å². The minimum atomic E-state index is -1.90. The fourth-order valence-corrected chi connectivity index (χ4v) is 4.21. The molecule has 0 spiro atoms. The van der Waals surface area contributed by atoms with Gasteiger partial charge in [-0.2, -0.15) is 0 Å². The van der Waals surface area contributed by atoms with E-state index in [0.29, 0.717) is 0 Å². The lowest BCUT2D eigenvalue weighted by Crippen LogP contribution is -2.65. The van der Waals surface area contributed by atoms with Crippen LogP contribution in [0.3, 0.4) is 0 Å². The van der Waals surface area contributed by atoms with Crippen LogP contribution in [-0.4, -0.2) is 170 Å². The van der Waals surface area contributed by atoms with E-state index in [1.807, 2.05) is 0 Å². The molecular weight excluding hydrogens is 484 g/mol. The molecule has 3 rings (SSSR count). The molecule has 0 aromatic carbocycles. The van der Waals surface area contributed by atoms with Crippen molar-refractivity contribution < 1.29 is 79.5 Å². The summed E-state index contributed by atoms with van der Waals surface area (Å²) < 4.78 is 31.5. The van der Waals surface area contributed by atoms with Gasteiger partial charge in [0.15, 0.2) is 18.9 Å². The fourth-order valence-electron chi connectivity index (χ4n) is 4.21. The third-order valence-electron chi connectivity index (χ3n) is 6.32. The molecule has 3 aliphatic rings. The van der Waals surface area contributed by atoms with Gasteiger partial charge < -0.3 is 79.5 Å². The molecule has 16 nitrogen and oxygen atoms in total. The third kappa shape index (κ3) is 5.93. The van der Waals surface area contributed by atoms with Crippen molar-refractivity contribution >= 4 is 0 Å². The first-order chi connectivity index (χ1) is 16.5. The van der Waals surface area contributed by atoms with Gasteiger partial charge in [0.25, 0.3) is 0 Å². The molecule has 0 aromatic rings. The highest BCUT2D eigenvalue weighted by molar-refractivity contribution is 4.95. The van der Waals surface area contributed by atoms with E-state index in [9.17, 15) is 51.1 Å². The maximum absolute atomic E-state index is 10.7. The van der Waals surface area contributed by atoms with E-state index < -0.39 is 112 Å². The van der Waals surface area contributed by atoms with Crippen LogP contribution >= 0.6 is 0 Å². The normalized spacial score (nSPS) is 51.3. The summed E-state index contributed by atoms with van der Waals surface area (Å²) in [5.74, 6) is 0. The highest BCUT2D eigenvalue weighted by Gasteiger charge is 2.51. The number of aliphatic hydroxyl groups is 10. The second-order valence-electron chi connectivity index (χ2n) is 8.58. The number of hydrogen-bond donors (Lipinski definition) is 10. The van der Waals surface area contributed by atoms with Crippen molar-refractivity contribution in [3.63, 3.8) is 0 Å². The Hall–Kier alpha value is -0.640. The van der Waals surface area contributed by atoms with Crippen molar-refractivity contribution in [3.8, 4) is 0 Å². The van der Waals surface area contributed by atoms with Crippen LogP contribution in [0.5, 0.6) is 0 Å². The maximum atomic E-state index is 10.7. The second kappa shape index (κ2) is 12.3. The van der Waals surface area contributed by atoms with Crippen LogP contribution in [0.25, 0.3) is 0 Å². The number of methoxy groups -OCH3 is 1. The van der Waals surface area contributed by atoms with Crippen molar-refractivity contribution in [2.45, 2.75) is 92.1 Å². The Kier molecular flexibility index (Phi) is 10.1. The Morgan fingerprint density at radius 3 is 1.74 bits per heavy atom. The molecule has 0 amide bonds. The van der Waals surface area contributed by atoms with Gasteiger partial charge in [-0.1, -0.05) is 0 Å². The highest BCUT2D eigenvalue weighted by atomic mass is 16.7. The zero-order chi connectivity index (χ0) is 26.0. The van der Waals surface area contributed by atoms with Crippen LogP contribution in [-0.2, 0) is 28.4 Å². The zero-order valence-corrected chi connectivity index (χ0v) is 18.7. The van der Waals surface area contributed by atoms with Crippen LogP contribution in [0.1, 0.15) is 0 Å². The molecule has 35 heavy (non-hydrogen) atoms. The number of rotatable bonds is 8. The minimum Gasteiger partial charge on any atom is -0.394 e. The van der Waals surface area contributed by atoms with Crippen LogP contribution in [0.2, 0.25) is 0 Å². The van der Waals surface area contributed by atoms with Crippen molar-refractivity contribution in [1.29, 1.82) is 0 Å². The van der Waals surface area contributed by atoms with Crippen LogP contribution in [0.15, 0.2) is 0 Å². The van der Waals surface area contributed by atoms with Crippen molar-refractivity contribution in [2.24, 2.45) is 0 Å². The lowest BCUT2D eigenvalue weighted by atomic mass is 9.97. The zero-order valence-electron chi connectivity index (χ0n) is 18.7. The number of ether oxygens (including phenoxy) is 6. The van der Waals surface area contributed by atoms with Gasteiger partial charge in [0, 0.05) is 7.11 Å². The molecule has 0 bridgehead atoms. The lowest BCUT2D eigenvalue weighted by Gasteiger charge is -2.46. The van der Waals surface area contributed by atoms with Crippen LogP contribution in [0.4, 0.5) is 0 Å². The first-order valence-electron chi connectivity index (χ1n) is 11.0. The van der Waals surface area contributed by atoms with Crippen LogP contribution in [0, 0.1) is 0 Å². The molecule has 3 aliphatic heterocycles. The van der Waals surface area contributed by atoms with E-state index in [-0.39, 0.29) is 0 Å². The molecule has 206 valence electrons. The average Bonchev–Trinajstić information content (AvgIpc) is 2.84. The Labute approximate surface area is 199 Å². The smallest absolute Gasteiger partial charge is 0.187 e. The molecule has 3 heterocycles. The maximum Gasteiger partial charge on any atom is 0.187 e. The van der Waals surface area contributed by atoms with Gasteiger partial charge in [0.2, 0.25) is 0 Å². The van der Waals surface area contributed by atoms with Crippen molar-refractivity contribution in [1.82, 2.24) is 0 Å². The van der Waals surface area contributed by atoms with E-state index in [2.05, 4.69) is 0 Å². The molecule has 3 saturated heterocycles. The fraction of sp³-hybridized carbons (Fsp3) is 1.00. The standard InChI is InChI=1S/C19H34O16/c1-30-15-9(23)6(3-21)33-18(14(15)28)31-4-7-10(24)16(13(27)17(29)32-7)35-19-12(26)11(25)8(22)5(2-20)34-19/h5-29H,2-4H2,1H3/t5-,6-,7-,8-,9-,10-,11+,12+,13+,14+,15+,16+,17?,18+,19-/m1/s1. The van der Waals surface area contributed by atoms with Gasteiger partial charge in [0.05, 0.1) is 19.8 Å². The SMILES string of the molecule is CO[C@@H]1[C@H](O)[C@@H](OC[C@H]2OC(O)[C@@H](O)[C@@H](O[C@H]3O[C@H](CO)[C@@H](O)[C@H](O)[C@@H]3O)[C@@H]2O)O[C@H](CO)[C@H]1O. The Morgan fingerprint density at radius 1 is 0.571 bits per heavy atom. The Morgan fingerprint density at radius 2 is 1.14 bits per heavy atom. The van der Waals surface area contributed by atoms with E-state index in [1.54, 1.807) is 0 Å². The Balaban J connectivity index is 1.66. The second-order valence-corrected chi connectivity index (χ2v) is 8.58. The highest BCUT2D eigenvalue weighted by Crippen LogP contribution is 2.30. The average molecular weight is 518 g/mol. The predicted octanol–water partition coefficient (Wildman–Crippen LogP) is -6.92. The molecular formula is C19H34O16. The Bertz CT molecular complexity index is 654. The summed E-state index contributed by atoms with van der Waals surface area (Å²) in [6.45, 7) is -1.90. The monoisotopic (exact) mass is 518 g/mol. The number of hydrogen-bond acceptors (Lipinski definition) is 16. The molecule has 0 aliphatic carbocycles. The summed E-state index contributed by atoms with van der Waals surface area (Å²) in [5.41, 5.74) is 0. The van der Waals surface area contributed by atoms with E-state index in [4.69, 9.17) is 28.4 Å². The van der Waals surface area contributed by atoms with Gasteiger partial charge in [-0.15, -0.1) is 0 Å². The van der Waals surface area contributed by atoms with Gasteiger partial charge in [0.1, 0.15) is 73.2 Å². The minimum absolute atomic E-state index is 0.550. The van der Waals surface area contributed by atoms with E-state index >= 15 is 0 Å². The first kappa shape index (κ1) is 28.9. The third-order valence-corrected chi connectivity index (χ3v) is 6.32. The first-order valence-corrected chi connectivity index (χ1v) is 11.0. The summed E-state index contributed by atoms with van der Waals surface area (Å²) in [4.78, 5) is 0. The molecule has 0 saturated carbocycles. The van der Waals surface area contributed by atoms with Gasteiger partial charge in [-0.3, -0.25) is 0 Å². The molecule has 15 atom stereocenters. The molecule has 0 aromatic heterocycles. The quantitative estimate of drug-likeness (QED) is 0.143. The lowest BCUT2D eigenvalue weighted by molar-refractivity contribution is -0.362. The molecule has 3 fully saturated rings. The molecule has 16 heteroatoms. The summed E-state index contributed by atoms with van der Waals surface area (Å²) in [6, 6.07) is 0. The van der Waals surface area contributed by atoms with Gasteiger partial charge in [-0.05, 0) is 0 Å². The van der Waals surface area contributed by atoms with Crippen molar-refractivity contribution in [2.75, 3.05) is 26.9 Å². The summed E-state index contributed by atoms with van der Waals surface area (Å²) in [5, 5.41) is 100. The van der Waals surface area contributed by atoms with Crippen molar-refractivity contribution in [3.05, 3.63) is 0 Å². The molecule has 10 N–H and O–H groups in total. The summed E-state index contributed by atoms with van der Waals surface area (Å²) in [6.07, 6.45) is -23.5. The van der Waals surface area contributed by atoms with Gasteiger partial charge >= 0.3 is 0 Å². The number of aliphatic hydroxyl groups excluding tert-OH is 10. The molecule has 1 unspecified atom stereocenters. The topological polar surface area (TPSA) is 258 Å². The summed E-state index contributed by atoms with van der Waals surface area (Å²) in [7, 11) is 1.22.